The molecule has 160 valence electrons. The summed E-state index contributed by atoms with van der Waals surface area (Å²) in [4.78, 5) is 2.14. The molecule has 0 amide bonds. The number of halogens is 1. The molecule has 1 heterocycles. The molecular weight excluding hydrogens is 413 g/mol. The van der Waals surface area contributed by atoms with Gasteiger partial charge in [-0.25, -0.2) is 8.57 Å². The molecule has 0 saturated carbocycles. The molecule has 31 heavy (non-hydrogen) atoms. The molecule has 0 N–H and O–H groups in total. The molecule has 0 aromatic heterocycles. The van der Waals surface area contributed by atoms with Gasteiger partial charge >= 0.3 is 0 Å². The molecule has 4 nitrogen and oxygen atoms in total. The van der Waals surface area contributed by atoms with Crippen molar-refractivity contribution in [2.45, 2.75) is 31.0 Å². The molecule has 3 aromatic carbocycles. The van der Waals surface area contributed by atoms with E-state index in [1.807, 2.05) is 48.2 Å². The minimum Gasteiger partial charge on any atom is -0.269 e. The number of aryl methyl sites for hydroxylation is 1. The largest absolute Gasteiger partial charge is 0.298 e. The summed E-state index contributed by atoms with van der Waals surface area (Å²) in [5.74, 6) is -0.305. The van der Waals surface area contributed by atoms with Gasteiger partial charge in [-0.15, -0.1) is 0 Å². The first-order chi connectivity index (χ1) is 14.9. The smallest absolute Gasteiger partial charge is 0.269 e. The van der Waals surface area contributed by atoms with E-state index in [0.29, 0.717) is 19.5 Å². The van der Waals surface area contributed by atoms with Gasteiger partial charge in [-0.05, 0) is 53.5 Å². The molecule has 0 fully saturated rings. The molecule has 0 bridgehead atoms. The topological polar surface area (TPSA) is 46.6 Å². The van der Waals surface area contributed by atoms with Crippen LogP contribution in [0.25, 0.3) is 5.57 Å². The Labute approximate surface area is 182 Å². The monoisotopic (exact) mass is 437 g/mol. The highest BCUT2D eigenvalue weighted by Gasteiger charge is 2.30. The average Bonchev–Trinajstić information content (AvgIpc) is 2.76. The Morgan fingerprint density at radius 2 is 1.74 bits per heavy atom. The van der Waals surface area contributed by atoms with Gasteiger partial charge in [-0.1, -0.05) is 60.7 Å². The first-order valence-electron chi connectivity index (χ1n) is 10.1. The summed E-state index contributed by atoms with van der Waals surface area (Å²) in [6, 6.07) is 22.8. The van der Waals surface area contributed by atoms with E-state index in [1.165, 1.54) is 12.1 Å². The molecule has 1 aliphatic heterocycles. The van der Waals surface area contributed by atoms with Crippen molar-refractivity contribution in [1.29, 1.82) is 0 Å². The Morgan fingerprint density at radius 3 is 2.45 bits per heavy atom. The summed E-state index contributed by atoms with van der Waals surface area (Å²) in [6.07, 6.45) is 1.76. The SMILES string of the molecule is Cc1cccc(S(=O)(=O)OC2CC(c3ccc(F)cc3)=CCN2Cc2ccccc2)c1. The lowest BCUT2D eigenvalue weighted by Crippen LogP contribution is -2.41. The van der Waals surface area contributed by atoms with Crippen molar-refractivity contribution < 1.29 is 17.0 Å². The van der Waals surface area contributed by atoms with Crippen molar-refractivity contribution in [2.75, 3.05) is 6.54 Å². The minimum absolute atomic E-state index is 0.144. The van der Waals surface area contributed by atoms with Gasteiger partial charge in [0, 0.05) is 19.5 Å². The Balaban J connectivity index is 1.62. The van der Waals surface area contributed by atoms with Gasteiger partial charge < -0.3 is 0 Å². The van der Waals surface area contributed by atoms with Crippen molar-refractivity contribution in [3.8, 4) is 0 Å². The number of rotatable bonds is 6. The second-order valence-corrected chi connectivity index (χ2v) is 9.25. The highest BCUT2D eigenvalue weighted by molar-refractivity contribution is 7.86. The third kappa shape index (κ3) is 5.28. The normalized spacial score (nSPS) is 17.4. The third-order valence-corrected chi connectivity index (χ3v) is 6.64. The summed E-state index contributed by atoms with van der Waals surface area (Å²) in [5.41, 5.74) is 3.72. The predicted molar refractivity (Wildman–Crippen MR) is 119 cm³/mol. The van der Waals surface area contributed by atoms with E-state index < -0.39 is 16.3 Å². The number of hydrogen-bond donors (Lipinski definition) is 0. The molecule has 3 aromatic rings. The lowest BCUT2D eigenvalue weighted by molar-refractivity contribution is 0.0323. The fourth-order valence-corrected chi connectivity index (χ4v) is 4.87. The van der Waals surface area contributed by atoms with Crippen LogP contribution in [0.15, 0.2) is 89.8 Å². The van der Waals surface area contributed by atoms with Crippen LogP contribution in [0.2, 0.25) is 0 Å². The van der Waals surface area contributed by atoms with Crippen LogP contribution < -0.4 is 0 Å². The van der Waals surface area contributed by atoms with E-state index in [1.54, 1.807) is 30.3 Å². The van der Waals surface area contributed by atoms with E-state index in [2.05, 4.69) is 6.08 Å². The summed E-state index contributed by atoms with van der Waals surface area (Å²) in [6.45, 7) is 2.92. The van der Waals surface area contributed by atoms with E-state index in [9.17, 15) is 12.8 Å². The van der Waals surface area contributed by atoms with E-state index in [-0.39, 0.29) is 10.7 Å². The number of benzene rings is 3. The first kappa shape index (κ1) is 21.4. The Hall–Kier alpha value is -2.80. The molecule has 6 heteroatoms. The van der Waals surface area contributed by atoms with Crippen LogP contribution in [0, 0.1) is 12.7 Å². The maximum Gasteiger partial charge on any atom is 0.298 e. The molecule has 1 unspecified atom stereocenters. The van der Waals surface area contributed by atoms with Crippen molar-refractivity contribution in [1.82, 2.24) is 4.90 Å². The Morgan fingerprint density at radius 1 is 1.00 bits per heavy atom. The molecule has 0 spiro atoms. The van der Waals surface area contributed by atoms with Crippen molar-refractivity contribution in [3.05, 3.63) is 107 Å². The van der Waals surface area contributed by atoms with Crippen molar-refractivity contribution in [2.24, 2.45) is 0 Å². The lowest BCUT2D eigenvalue weighted by atomic mass is 9.98. The van der Waals surface area contributed by atoms with E-state index in [0.717, 1.165) is 22.3 Å². The molecule has 1 aliphatic rings. The van der Waals surface area contributed by atoms with Gasteiger partial charge in [0.2, 0.25) is 0 Å². The second kappa shape index (κ2) is 9.14. The van der Waals surface area contributed by atoms with Crippen LogP contribution in [0.1, 0.15) is 23.1 Å². The highest BCUT2D eigenvalue weighted by atomic mass is 32.2. The molecular formula is C25H24FNO3S. The maximum absolute atomic E-state index is 13.3. The molecule has 4 rings (SSSR count). The van der Waals surface area contributed by atoms with Gasteiger partial charge in [-0.3, -0.25) is 4.90 Å². The molecule has 0 saturated heterocycles. The average molecular weight is 438 g/mol. The fourth-order valence-electron chi connectivity index (χ4n) is 3.70. The van der Waals surface area contributed by atoms with Gasteiger partial charge in [0.25, 0.3) is 10.1 Å². The number of nitrogens with zero attached hydrogens (tertiary/aromatic N) is 1. The Bertz CT molecular complexity index is 1170. The zero-order valence-electron chi connectivity index (χ0n) is 17.2. The van der Waals surface area contributed by atoms with E-state index >= 15 is 0 Å². The fraction of sp³-hybridized carbons (Fsp3) is 0.200. The zero-order chi connectivity index (χ0) is 21.8. The summed E-state index contributed by atoms with van der Waals surface area (Å²) < 4.78 is 45.2. The summed E-state index contributed by atoms with van der Waals surface area (Å²) in [5, 5.41) is 0. The molecule has 0 radical (unpaired) electrons. The predicted octanol–water partition coefficient (Wildman–Crippen LogP) is 5.16. The summed E-state index contributed by atoms with van der Waals surface area (Å²) >= 11 is 0. The van der Waals surface area contributed by atoms with Gasteiger partial charge in [-0.2, -0.15) is 8.42 Å². The van der Waals surface area contributed by atoms with Crippen LogP contribution in [-0.2, 0) is 20.8 Å². The highest BCUT2D eigenvalue weighted by Crippen LogP contribution is 2.30. The first-order valence-corrected chi connectivity index (χ1v) is 11.5. The van der Waals surface area contributed by atoms with Crippen LogP contribution in [0.5, 0.6) is 0 Å². The maximum atomic E-state index is 13.3. The van der Waals surface area contributed by atoms with Crippen LogP contribution in [0.4, 0.5) is 4.39 Å². The quantitative estimate of drug-likeness (QED) is 0.500. The third-order valence-electron chi connectivity index (χ3n) is 5.33. The summed E-state index contributed by atoms with van der Waals surface area (Å²) in [7, 11) is -3.95. The van der Waals surface area contributed by atoms with Crippen molar-refractivity contribution >= 4 is 15.7 Å². The molecule has 0 aliphatic carbocycles. The number of hydrogen-bond acceptors (Lipinski definition) is 4. The second-order valence-electron chi connectivity index (χ2n) is 7.68. The van der Waals surface area contributed by atoms with Crippen molar-refractivity contribution in [3.63, 3.8) is 0 Å². The Kier molecular flexibility index (Phi) is 6.32. The lowest BCUT2D eigenvalue weighted by Gasteiger charge is -2.34. The molecule has 1 atom stereocenters. The van der Waals surface area contributed by atoms with Gasteiger partial charge in [0.15, 0.2) is 0 Å². The van der Waals surface area contributed by atoms with Crippen LogP contribution in [-0.4, -0.2) is 26.1 Å². The minimum atomic E-state index is -3.95. The van der Waals surface area contributed by atoms with E-state index in [4.69, 9.17) is 4.18 Å². The van der Waals surface area contributed by atoms with Crippen LogP contribution >= 0.6 is 0 Å². The van der Waals surface area contributed by atoms with Crippen LogP contribution in [0.3, 0.4) is 0 Å². The zero-order valence-corrected chi connectivity index (χ0v) is 18.1. The van der Waals surface area contributed by atoms with Gasteiger partial charge in [0.1, 0.15) is 12.0 Å². The van der Waals surface area contributed by atoms with Gasteiger partial charge in [0.05, 0.1) is 4.90 Å². The standard InChI is InChI=1S/C25H24FNO3S/c1-19-6-5-9-24(16-19)31(28,29)30-25-17-22(21-10-12-23(26)13-11-21)14-15-27(25)18-20-7-3-2-4-8-20/h2-14,16,25H,15,17-18H2,1H3.